The van der Waals surface area contributed by atoms with E-state index in [0.717, 1.165) is 16.5 Å². The summed E-state index contributed by atoms with van der Waals surface area (Å²) in [6.45, 7) is 1.94. The smallest absolute Gasteiger partial charge is 0.270 e. The summed E-state index contributed by atoms with van der Waals surface area (Å²) in [6.07, 6.45) is 3.33. The predicted molar refractivity (Wildman–Crippen MR) is 144 cm³/mol. The van der Waals surface area contributed by atoms with Gasteiger partial charge >= 0.3 is 0 Å². The maximum Gasteiger partial charge on any atom is 0.270 e. The molecule has 36 heavy (non-hydrogen) atoms. The fourth-order valence-corrected chi connectivity index (χ4v) is 4.52. The van der Waals surface area contributed by atoms with Gasteiger partial charge < -0.3 is 9.88 Å². The number of hydrogen-bond acceptors (Lipinski definition) is 4. The number of anilines is 2. The van der Waals surface area contributed by atoms with Crippen LogP contribution in [-0.4, -0.2) is 27.4 Å². The van der Waals surface area contributed by atoms with Crippen LogP contribution in [0.1, 0.15) is 11.1 Å². The first-order valence-electron chi connectivity index (χ1n) is 11.3. The van der Waals surface area contributed by atoms with Crippen molar-refractivity contribution in [2.45, 2.75) is 13.5 Å². The first-order valence-corrected chi connectivity index (χ1v) is 11.7. The molecule has 178 valence electrons. The normalized spacial score (nSPS) is 14.9. The molecule has 0 saturated carbocycles. The molecule has 1 saturated heterocycles. The van der Waals surface area contributed by atoms with Crippen molar-refractivity contribution in [2.24, 2.45) is 0 Å². The molecule has 2 N–H and O–H groups in total. The minimum absolute atomic E-state index is 0.0384. The van der Waals surface area contributed by atoms with E-state index in [0.29, 0.717) is 16.9 Å². The van der Waals surface area contributed by atoms with Gasteiger partial charge in [0.1, 0.15) is 12.1 Å². The van der Waals surface area contributed by atoms with E-state index < -0.39 is 11.8 Å². The van der Waals surface area contributed by atoms with Crippen LogP contribution in [0.25, 0.3) is 17.0 Å². The van der Waals surface area contributed by atoms with Gasteiger partial charge in [-0.3, -0.25) is 24.6 Å². The van der Waals surface area contributed by atoms with E-state index in [-0.39, 0.29) is 23.1 Å². The number of para-hydroxylation sites is 3. The van der Waals surface area contributed by atoms with Crippen LogP contribution in [-0.2, 0) is 20.9 Å². The molecule has 1 aliphatic heterocycles. The van der Waals surface area contributed by atoms with Gasteiger partial charge in [-0.1, -0.05) is 54.6 Å². The van der Waals surface area contributed by atoms with Crippen molar-refractivity contribution in [2.75, 3.05) is 10.2 Å². The highest BCUT2D eigenvalue weighted by Crippen LogP contribution is 2.28. The molecule has 0 atom stereocenters. The Morgan fingerprint density at radius 3 is 2.44 bits per heavy atom. The summed E-state index contributed by atoms with van der Waals surface area (Å²) in [6, 6.07) is 24.1. The van der Waals surface area contributed by atoms with Crippen molar-refractivity contribution in [3.05, 3.63) is 102 Å². The highest BCUT2D eigenvalue weighted by atomic mass is 32.1. The number of nitrogens with one attached hydrogen (secondary N) is 2. The van der Waals surface area contributed by atoms with E-state index in [1.807, 2.05) is 79.7 Å². The lowest BCUT2D eigenvalue weighted by atomic mass is 10.1. The highest BCUT2D eigenvalue weighted by molar-refractivity contribution is 7.80. The summed E-state index contributed by atoms with van der Waals surface area (Å²) in [4.78, 5) is 40.3. The Hall–Kier alpha value is -4.56. The Morgan fingerprint density at radius 2 is 1.67 bits per heavy atom. The third kappa shape index (κ3) is 4.42. The van der Waals surface area contributed by atoms with Gasteiger partial charge in [0.2, 0.25) is 5.91 Å². The zero-order valence-corrected chi connectivity index (χ0v) is 20.2. The van der Waals surface area contributed by atoms with Crippen molar-refractivity contribution >= 4 is 63.4 Å². The third-order valence-electron chi connectivity index (χ3n) is 5.95. The number of thiocarbonyl (C=S) groups is 1. The fourth-order valence-electron chi connectivity index (χ4n) is 4.24. The topological polar surface area (TPSA) is 83.4 Å². The van der Waals surface area contributed by atoms with Crippen molar-refractivity contribution in [1.82, 2.24) is 9.88 Å². The number of rotatable bonds is 5. The zero-order chi connectivity index (χ0) is 25.2. The average molecular weight is 495 g/mol. The molecule has 1 fully saturated rings. The largest absolute Gasteiger partial charge is 0.337 e. The molecule has 3 aromatic carbocycles. The number of nitrogens with zero attached hydrogens (tertiary/aromatic N) is 2. The van der Waals surface area contributed by atoms with E-state index in [2.05, 4.69) is 10.6 Å². The number of aromatic nitrogens is 1. The Kier molecular flexibility index (Phi) is 6.18. The minimum Gasteiger partial charge on any atom is -0.337 e. The Morgan fingerprint density at radius 1 is 0.972 bits per heavy atom. The van der Waals surface area contributed by atoms with Crippen LogP contribution in [0, 0.1) is 6.92 Å². The van der Waals surface area contributed by atoms with Crippen molar-refractivity contribution in [3.63, 3.8) is 0 Å². The molecule has 0 unspecified atom stereocenters. The predicted octanol–water partition coefficient (Wildman–Crippen LogP) is 4.42. The minimum atomic E-state index is -0.562. The summed E-state index contributed by atoms with van der Waals surface area (Å²) in [5, 5.41) is 6.36. The molecule has 1 aromatic heterocycles. The lowest BCUT2D eigenvalue weighted by Gasteiger charge is -2.29. The van der Waals surface area contributed by atoms with Crippen LogP contribution in [0.3, 0.4) is 0 Å². The number of carbonyl (C=O) groups is 3. The molecule has 7 nitrogen and oxygen atoms in total. The molecule has 8 heteroatoms. The highest BCUT2D eigenvalue weighted by Gasteiger charge is 2.35. The fraction of sp³-hybridized carbons (Fsp3) is 0.0714. The van der Waals surface area contributed by atoms with E-state index in [4.69, 9.17) is 12.2 Å². The Balaban J connectivity index is 1.50. The van der Waals surface area contributed by atoms with Crippen LogP contribution in [0.2, 0.25) is 0 Å². The number of benzene rings is 3. The molecular weight excluding hydrogens is 472 g/mol. The van der Waals surface area contributed by atoms with E-state index in [1.165, 1.54) is 4.90 Å². The van der Waals surface area contributed by atoms with Gasteiger partial charge in [-0.2, -0.15) is 0 Å². The van der Waals surface area contributed by atoms with Crippen LogP contribution in [0.4, 0.5) is 11.4 Å². The molecule has 0 radical (unpaired) electrons. The lowest BCUT2D eigenvalue weighted by molar-refractivity contribution is -0.122. The monoisotopic (exact) mass is 494 g/mol. The zero-order valence-electron chi connectivity index (χ0n) is 19.4. The summed E-state index contributed by atoms with van der Waals surface area (Å²) in [5.41, 5.74) is 3.58. The summed E-state index contributed by atoms with van der Waals surface area (Å²) in [7, 11) is 0. The molecule has 3 amide bonds. The molecule has 0 spiro atoms. The Bertz CT molecular complexity index is 1560. The number of carbonyl (C=O) groups excluding carboxylic acids is 3. The maximum absolute atomic E-state index is 13.5. The molecule has 0 bridgehead atoms. The van der Waals surface area contributed by atoms with E-state index in [1.54, 1.807) is 22.9 Å². The van der Waals surface area contributed by atoms with E-state index in [9.17, 15) is 14.4 Å². The van der Waals surface area contributed by atoms with Gasteiger partial charge in [0.25, 0.3) is 11.8 Å². The molecular formula is C28H22N4O3S. The van der Waals surface area contributed by atoms with Gasteiger partial charge in [0.05, 0.1) is 5.69 Å². The van der Waals surface area contributed by atoms with Gasteiger partial charge in [0, 0.05) is 28.4 Å². The lowest BCUT2D eigenvalue weighted by Crippen LogP contribution is -2.54. The standard InChI is InChI=1S/C28H22N4O3S/c1-18-9-5-7-13-23(18)32-27(35)22(26(34)30-28(32)36)15-19-16-31(24-14-8-6-12-21(19)24)17-25(33)29-20-10-3-2-4-11-20/h2-16H,17H2,1H3,(H,29,33)(H,30,34,36)/b22-15+. The molecule has 5 rings (SSSR count). The summed E-state index contributed by atoms with van der Waals surface area (Å²) >= 11 is 5.32. The van der Waals surface area contributed by atoms with E-state index >= 15 is 0 Å². The second-order valence-corrected chi connectivity index (χ2v) is 8.77. The molecule has 4 aromatic rings. The number of fused-ring (bicyclic) bond motifs is 1. The third-order valence-corrected chi connectivity index (χ3v) is 6.23. The number of aryl methyl sites for hydroxylation is 1. The van der Waals surface area contributed by atoms with Crippen molar-refractivity contribution < 1.29 is 14.4 Å². The number of amides is 3. The van der Waals surface area contributed by atoms with Crippen molar-refractivity contribution in [3.8, 4) is 0 Å². The maximum atomic E-state index is 13.5. The second kappa shape index (κ2) is 9.59. The summed E-state index contributed by atoms with van der Waals surface area (Å²) < 4.78 is 1.80. The SMILES string of the molecule is Cc1ccccc1N1C(=O)/C(=C/c2cn(CC(=O)Nc3ccccc3)c3ccccc23)C(=O)NC1=S. The van der Waals surface area contributed by atoms with Crippen LogP contribution in [0.5, 0.6) is 0 Å². The van der Waals surface area contributed by atoms with Gasteiger partial charge in [-0.25, -0.2) is 0 Å². The van der Waals surface area contributed by atoms with Crippen LogP contribution in [0.15, 0.2) is 90.6 Å². The van der Waals surface area contributed by atoms with Crippen LogP contribution >= 0.6 is 12.2 Å². The second-order valence-electron chi connectivity index (χ2n) is 8.39. The van der Waals surface area contributed by atoms with Gasteiger partial charge in [-0.05, 0) is 55.0 Å². The van der Waals surface area contributed by atoms with Crippen LogP contribution < -0.4 is 15.5 Å². The first-order chi connectivity index (χ1) is 17.4. The average Bonchev–Trinajstić information content (AvgIpc) is 3.20. The first kappa shape index (κ1) is 23.2. The van der Waals surface area contributed by atoms with Gasteiger partial charge in [-0.15, -0.1) is 0 Å². The Labute approximate surface area is 213 Å². The number of hydrogen-bond donors (Lipinski definition) is 2. The summed E-state index contributed by atoms with van der Waals surface area (Å²) in [5.74, 6) is -1.26. The van der Waals surface area contributed by atoms with Crippen molar-refractivity contribution in [1.29, 1.82) is 0 Å². The molecule has 1 aliphatic rings. The molecule has 2 heterocycles. The molecule has 0 aliphatic carbocycles. The van der Waals surface area contributed by atoms with Gasteiger partial charge in [0.15, 0.2) is 5.11 Å². The quantitative estimate of drug-likeness (QED) is 0.244.